The van der Waals surface area contributed by atoms with Crippen LogP contribution in [0.25, 0.3) is 0 Å². The molecular formula is C12H22ClNO6. The number of nitrogens with zero attached hydrogens (tertiary/aromatic N) is 1. The maximum absolute atomic E-state index is 11.9. The molecule has 0 bridgehead atoms. The van der Waals surface area contributed by atoms with Gasteiger partial charge < -0.3 is 24.6 Å². The molecule has 2 N–H and O–H groups in total. The van der Waals surface area contributed by atoms with Crippen LogP contribution in [0.4, 0.5) is 0 Å². The summed E-state index contributed by atoms with van der Waals surface area (Å²) in [6.45, 7) is -0.0765. The first kappa shape index (κ1) is 21.1. The number of hydrogen-bond donors (Lipinski definition) is 2. The van der Waals surface area contributed by atoms with E-state index in [2.05, 4.69) is 0 Å². The van der Waals surface area contributed by atoms with Crippen LogP contribution in [-0.2, 0) is 14.4 Å². The van der Waals surface area contributed by atoms with E-state index in [0.717, 1.165) is 0 Å². The number of carbonyl (C=O) groups is 3. The molecular weight excluding hydrogens is 290 g/mol. The molecule has 0 aliphatic carbocycles. The van der Waals surface area contributed by atoms with E-state index in [9.17, 15) is 24.6 Å². The van der Waals surface area contributed by atoms with Crippen LogP contribution < -0.4 is 5.11 Å². The standard InChI is InChI=1S/C12H21NO6.ClH/c1-13(2,3)8-12(19,7-11(17)18)9(14)5-4-6-10(15)16;/h19H,4-8H2,1-3H3,(H-,15,16,17,18);1H/t12-;/m1./s1. The number of aliphatic hydroxyl groups is 1. The van der Waals surface area contributed by atoms with Crippen molar-refractivity contribution >= 4 is 30.1 Å². The van der Waals surface area contributed by atoms with Crippen molar-refractivity contribution < 1.29 is 34.2 Å². The van der Waals surface area contributed by atoms with Crippen LogP contribution >= 0.6 is 12.4 Å². The third-order valence-corrected chi connectivity index (χ3v) is 2.49. The van der Waals surface area contributed by atoms with Gasteiger partial charge in [0.1, 0.15) is 6.54 Å². The minimum atomic E-state index is -2.02. The number of aliphatic carboxylic acids is 2. The van der Waals surface area contributed by atoms with Gasteiger partial charge in [0, 0.05) is 25.2 Å². The van der Waals surface area contributed by atoms with Crippen LogP contribution in [0.2, 0.25) is 0 Å². The first-order chi connectivity index (χ1) is 8.46. The highest BCUT2D eigenvalue weighted by atomic mass is 35.5. The van der Waals surface area contributed by atoms with Crippen molar-refractivity contribution in [3.8, 4) is 0 Å². The number of ketones is 1. The van der Waals surface area contributed by atoms with E-state index in [1.54, 1.807) is 21.1 Å². The Morgan fingerprint density at radius 1 is 1.15 bits per heavy atom. The molecule has 0 aromatic heterocycles. The number of carbonyl (C=O) groups excluding carboxylic acids is 2. The number of quaternary nitrogens is 1. The molecule has 0 aliphatic rings. The van der Waals surface area contributed by atoms with Gasteiger partial charge >= 0.3 is 5.97 Å². The Morgan fingerprint density at radius 2 is 1.65 bits per heavy atom. The van der Waals surface area contributed by atoms with E-state index in [-0.39, 0.29) is 42.7 Å². The smallest absolute Gasteiger partial charge is 0.303 e. The molecule has 0 amide bonds. The third-order valence-electron chi connectivity index (χ3n) is 2.49. The monoisotopic (exact) mass is 311 g/mol. The quantitative estimate of drug-likeness (QED) is 0.517. The van der Waals surface area contributed by atoms with Crippen LogP contribution in [0.1, 0.15) is 25.7 Å². The van der Waals surface area contributed by atoms with Crippen molar-refractivity contribution in [3.05, 3.63) is 0 Å². The molecule has 8 heteroatoms. The molecule has 0 spiro atoms. The Balaban J connectivity index is 0. The second-order valence-corrected chi connectivity index (χ2v) is 5.70. The Labute approximate surface area is 124 Å². The summed E-state index contributed by atoms with van der Waals surface area (Å²) in [6.07, 6.45) is -1.08. The number of carboxylic acids is 2. The minimum absolute atomic E-state index is 0. The molecule has 118 valence electrons. The summed E-state index contributed by atoms with van der Waals surface area (Å²) in [4.78, 5) is 32.9. The molecule has 0 rings (SSSR count). The summed E-state index contributed by atoms with van der Waals surface area (Å²) in [5.74, 6) is -3.21. The van der Waals surface area contributed by atoms with Crippen molar-refractivity contribution in [3.63, 3.8) is 0 Å². The number of rotatable bonds is 9. The van der Waals surface area contributed by atoms with Crippen LogP contribution in [0, 0.1) is 0 Å². The van der Waals surface area contributed by atoms with E-state index in [1.807, 2.05) is 0 Å². The van der Waals surface area contributed by atoms with Crippen molar-refractivity contribution in [2.75, 3.05) is 27.7 Å². The van der Waals surface area contributed by atoms with E-state index in [1.165, 1.54) is 0 Å². The highest BCUT2D eigenvalue weighted by Crippen LogP contribution is 2.18. The Morgan fingerprint density at radius 3 is 2.00 bits per heavy atom. The lowest BCUT2D eigenvalue weighted by atomic mass is 9.90. The zero-order valence-corrected chi connectivity index (χ0v) is 12.7. The topological polar surface area (TPSA) is 115 Å². The normalized spacial score (nSPS) is 14.0. The number of carboxylic acid groups (broad SMARTS) is 2. The lowest BCUT2D eigenvalue weighted by Crippen LogP contribution is -2.56. The molecule has 0 fully saturated rings. The van der Waals surface area contributed by atoms with E-state index in [4.69, 9.17) is 5.11 Å². The first-order valence-electron chi connectivity index (χ1n) is 5.94. The van der Waals surface area contributed by atoms with Gasteiger partial charge in [-0.2, -0.15) is 0 Å². The summed E-state index contributed by atoms with van der Waals surface area (Å²) in [5.41, 5.74) is -2.02. The molecule has 0 saturated carbocycles. The molecule has 0 saturated heterocycles. The van der Waals surface area contributed by atoms with Gasteiger partial charge in [-0.1, -0.05) is 0 Å². The highest BCUT2D eigenvalue weighted by Gasteiger charge is 2.40. The van der Waals surface area contributed by atoms with Crippen molar-refractivity contribution in [1.29, 1.82) is 0 Å². The SMILES string of the molecule is C[N+](C)(C)C[C@](O)(CC(=O)[O-])C(=O)CCCC(=O)O.Cl. The second kappa shape index (κ2) is 8.18. The average Bonchev–Trinajstić information content (AvgIpc) is 2.11. The van der Waals surface area contributed by atoms with Crippen LogP contribution in [0.15, 0.2) is 0 Å². The fraction of sp³-hybridized carbons (Fsp3) is 0.750. The molecule has 20 heavy (non-hydrogen) atoms. The lowest BCUT2D eigenvalue weighted by molar-refractivity contribution is -0.875. The van der Waals surface area contributed by atoms with E-state index >= 15 is 0 Å². The van der Waals surface area contributed by atoms with Crippen LogP contribution in [0.3, 0.4) is 0 Å². The number of hydrogen-bond acceptors (Lipinski definition) is 5. The Bertz CT molecular complexity index is 365. The van der Waals surface area contributed by atoms with Gasteiger partial charge in [-0.15, -0.1) is 12.4 Å². The van der Waals surface area contributed by atoms with E-state index in [0.29, 0.717) is 0 Å². The molecule has 0 radical (unpaired) electrons. The number of likely N-dealkylation sites (N-methyl/N-ethyl adjacent to an activating group) is 1. The predicted molar refractivity (Wildman–Crippen MR) is 71.2 cm³/mol. The van der Waals surface area contributed by atoms with Gasteiger partial charge in [0.25, 0.3) is 0 Å². The van der Waals surface area contributed by atoms with Gasteiger partial charge in [-0.25, -0.2) is 0 Å². The zero-order valence-electron chi connectivity index (χ0n) is 11.9. The maximum atomic E-state index is 11.9. The van der Waals surface area contributed by atoms with Gasteiger partial charge in [-0.3, -0.25) is 9.59 Å². The van der Waals surface area contributed by atoms with Crippen LogP contribution in [0.5, 0.6) is 0 Å². The molecule has 0 aromatic rings. The third kappa shape index (κ3) is 8.84. The van der Waals surface area contributed by atoms with Crippen molar-refractivity contribution in [1.82, 2.24) is 0 Å². The largest absolute Gasteiger partial charge is 0.550 e. The average molecular weight is 312 g/mol. The van der Waals surface area contributed by atoms with E-state index < -0.39 is 29.7 Å². The summed E-state index contributed by atoms with van der Waals surface area (Å²) < 4.78 is 0.203. The Hall–Kier alpha value is -1.18. The second-order valence-electron chi connectivity index (χ2n) is 5.70. The molecule has 0 heterocycles. The van der Waals surface area contributed by atoms with Gasteiger partial charge in [-0.05, 0) is 6.42 Å². The predicted octanol–water partition coefficient (Wildman–Crippen LogP) is -1.19. The first-order valence-corrected chi connectivity index (χ1v) is 5.94. The van der Waals surface area contributed by atoms with Gasteiger partial charge in [0.15, 0.2) is 11.4 Å². The number of halogens is 1. The molecule has 0 aliphatic heterocycles. The summed E-state index contributed by atoms with van der Waals surface area (Å²) >= 11 is 0. The fourth-order valence-corrected chi connectivity index (χ4v) is 1.90. The molecule has 7 nitrogen and oxygen atoms in total. The molecule has 1 atom stereocenters. The Kier molecular flexibility index (Phi) is 8.64. The lowest BCUT2D eigenvalue weighted by Gasteiger charge is -2.34. The minimum Gasteiger partial charge on any atom is -0.550 e. The highest BCUT2D eigenvalue weighted by molar-refractivity contribution is 5.90. The number of Topliss-reactive ketones (excluding diaryl/α,β-unsaturated/α-hetero) is 1. The summed E-state index contributed by atoms with van der Waals surface area (Å²) in [5, 5.41) is 29.4. The molecule has 0 aromatic carbocycles. The zero-order chi connectivity index (χ0) is 15.3. The van der Waals surface area contributed by atoms with Gasteiger partial charge in [0.2, 0.25) is 0 Å². The molecule has 0 unspecified atom stereocenters. The fourth-order valence-electron chi connectivity index (χ4n) is 1.90. The van der Waals surface area contributed by atoms with Gasteiger partial charge in [0.05, 0.1) is 21.1 Å². The van der Waals surface area contributed by atoms with Crippen molar-refractivity contribution in [2.45, 2.75) is 31.3 Å². The summed E-state index contributed by atoms with van der Waals surface area (Å²) in [7, 11) is 5.14. The van der Waals surface area contributed by atoms with Crippen molar-refractivity contribution in [2.24, 2.45) is 0 Å². The maximum Gasteiger partial charge on any atom is 0.303 e. The summed E-state index contributed by atoms with van der Waals surface area (Å²) in [6, 6.07) is 0. The van der Waals surface area contributed by atoms with Crippen LogP contribution in [-0.4, -0.2) is 65.7 Å².